The largest absolute Gasteiger partial charge is 0.508 e. The molecular formula is C6H5ClOSnZn. The van der Waals surface area contributed by atoms with Crippen molar-refractivity contribution in [3.63, 3.8) is 0 Å². The second-order valence-corrected chi connectivity index (χ2v) is 1.91. The molecule has 0 bridgehead atoms. The predicted molar refractivity (Wildman–Crippen MR) is 38.9 cm³/mol. The quantitative estimate of drug-likeness (QED) is 0.723. The van der Waals surface area contributed by atoms with E-state index in [1.165, 1.54) is 0 Å². The zero-order chi connectivity index (χ0) is 5.98. The summed E-state index contributed by atoms with van der Waals surface area (Å²) in [6, 6.07) is 6.36. The first-order valence-corrected chi connectivity index (χ1v) is 2.61. The molecule has 1 N–H and O–H groups in total. The SMILES string of the molecule is Oc1ccc(Cl)cc1.[Sn].[Zn]. The molecule has 1 aromatic carbocycles. The van der Waals surface area contributed by atoms with E-state index in [0.29, 0.717) is 5.02 Å². The topological polar surface area (TPSA) is 20.2 Å². The van der Waals surface area contributed by atoms with Crippen LogP contribution in [-0.2, 0) is 19.5 Å². The van der Waals surface area contributed by atoms with Gasteiger partial charge in [0, 0.05) is 48.4 Å². The molecule has 1 aromatic rings. The minimum Gasteiger partial charge on any atom is -0.508 e. The van der Waals surface area contributed by atoms with Crippen molar-refractivity contribution in [2.75, 3.05) is 0 Å². The number of hydrogen-bond acceptors (Lipinski definition) is 1. The predicted octanol–water partition coefficient (Wildman–Crippen LogP) is 1.66. The van der Waals surface area contributed by atoms with Crippen LogP contribution in [0, 0.1) is 0 Å². The fourth-order valence-corrected chi connectivity index (χ4v) is 0.567. The van der Waals surface area contributed by atoms with Crippen molar-refractivity contribution in [3.8, 4) is 5.75 Å². The van der Waals surface area contributed by atoms with Crippen molar-refractivity contribution in [2.45, 2.75) is 0 Å². The van der Waals surface area contributed by atoms with E-state index in [0.717, 1.165) is 0 Å². The van der Waals surface area contributed by atoms with Crippen LogP contribution in [0.4, 0.5) is 0 Å². The Kier molecular flexibility index (Phi) is 8.59. The van der Waals surface area contributed by atoms with Crippen LogP contribution in [0.1, 0.15) is 0 Å². The summed E-state index contributed by atoms with van der Waals surface area (Å²) in [5.74, 6) is 0.245. The van der Waals surface area contributed by atoms with Gasteiger partial charge in [-0.05, 0) is 24.3 Å². The van der Waals surface area contributed by atoms with Gasteiger partial charge in [0.2, 0.25) is 0 Å². The molecule has 0 atom stereocenters. The van der Waals surface area contributed by atoms with Gasteiger partial charge in [-0.3, -0.25) is 0 Å². The van der Waals surface area contributed by atoms with Gasteiger partial charge in [0.1, 0.15) is 5.75 Å². The van der Waals surface area contributed by atoms with E-state index in [1.807, 2.05) is 0 Å². The Bertz CT molecular complexity index is 157. The van der Waals surface area contributed by atoms with Crippen LogP contribution in [-0.4, -0.2) is 29.0 Å². The second-order valence-electron chi connectivity index (χ2n) is 1.48. The second kappa shape index (κ2) is 6.44. The van der Waals surface area contributed by atoms with Gasteiger partial charge in [-0.2, -0.15) is 0 Å². The summed E-state index contributed by atoms with van der Waals surface area (Å²) in [4.78, 5) is 0. The minimum atomic E-state index is 0. The first-order chi connectivity index (χ1) is 3.79. The summed E-state index contributed by atoms with van der Waals surface area (Å²) in [5.41, 5.74) is 0. The molecule has 0 aliphatic rings. The van der Waals surface area contributed by atoms with Gasteiger partial charge in [0.05, 0.1) is 0 Å². The van der Waals surface area contributed by atoms with Crippen LogP contribution in [0.3, 0.4) is 0 Å². The Labute approximate surface area is 94.5 Å². The van der Waals surface area contributed by atoms with Gasteiger partial charge in [-0.25, -0.2) is 0 Å². The molecule has 0 unspecified atom stereocenters. The molecular weight excluding hydrogens is 308 g/mol. The molecule has 0 amide bonds. The van der Waals surface area contributed by atoms with Crippen LogP contribution in [0.15, 0.2) is 24.3 Å². The molecule has 10 heavy (non-hydrogen) atoms. The smallest absolute Gasteiger partial charge is 0.115 e. The molecule has 0 aliphatic carbocycles. The number of aromatic hydroxyl groups is 1. The summed E-state index contributed by atoms with van der Waals surface area (Å²) < 4.78 is 0. The summed E-state index contributed by atoms with van der Waals surface area (Å²) in [6.07, 6.45) is 0. The number of halogens is 1. The van der Waals surface area contributed by atoms with E-state index < -0.39 is 0 Å². The summed E-state index contributed by atoms with van der Waals surface area (Å²) in [5, 5.41) is 9.34. The summed E-state index contributed by atoms with van der Waals surface area (Å²) in [6.45, 7) is 0. The number of phenolic OH excluding ortho intramolecular Hbond substituents is 1. The maximum atomic E-state index is 8.70. The molecule has 0 aliphatic heterocycles. The molecule has 0 saturated heterocycles. The van der Waals surface area contributed by atoms with E-state index in [1.54, 1.807) is 24.3 Å². The first kappa shape index (κ1) is 13.3. The van der Waals surface area contributed by atoms with Gasteiger partial charge in [-0.15, -0.1) is 0 Å². The van der Waals surface area contributed by atoms with E-state index in [9.17, 15) is 0 Å². The maximum Gasteiger partial charge on any atom is 0.115 e. The monoisotopic (exact) mass is 312 g/mol. The zero-order valence-electron chi connectivity index (χ0n) is 5.34. The fraction of sp³-hybridized carbons (Fsp3) is 0. The molecule has 4 heteroatoms. The number of phenols is 1. The van der Waals surface area contributed by atoms with Crippen molar-refractivity contribution in [1.82, 2.24) is 0 Å². The molecule has 0 saturated carbocycles. The number of benzene rings is 1. The Hall–Kier alpha value is 0.732. The van der Waals surface area contributed by atoms with Crippen molar-refractivity contribution in [3.05, 3.63) is 29.3 Å². The number of rotatable bonds is 0. The van der Waals surface area contributed by atoms with Crippen LogP contribution in [0.25, 0.3) is 0 Å². The maximum absolute atomic E-state index is 8.70. The molecule has 0 spiro atoms. The third kappa shape index (κ3) is 4.53. The van der Waals surface area contributed by atoms with Gasteiger partial charge in [0.15, 0.2) is 0 Å². The van der Waals surface area contributed by atoms with E-state index in [2.05, 4.69) is 0 Å². The summed E-state index contributed by atoms with van der Waals surface area (Å²) in [7, 11) is 0. The third-order valence-electron chi connectivity index (χ3n) is 0.827. The molecule has 48 valence electrons. The van der Waals surface area contributed by atoms with Crippen LogP contribution in [0.2, 0.25) is 5.02 Å². The normalized spacial score (nSPS) is 7.30. The van der Waals surface area contributed by atoms with Crippen molar-refractivity contribution < 1.29 is 24.6 Å². The zero-order valence-corrected chi connectivity index (χ0v) is 11.9. The van der Waals surface area contributed by atoms with Gasteiger partial charge >= 0.3 is 0 Å². The van der Waals surface area contributed by atoms with Crippen LogP contribution < -0.4 is 0 Å². The van der Waals surface area contributed by atoms with Gasteiger partial charge < -0.3 is 5.11 Å². The van der Waals surface area contributed by atoms with E-state index >= 15 is 0 Å². The van der Waals surface area contributed by atoms with Gasteiger partial charge in [0.25, 0.3) is 0 Å². The summed E-state index contributed by atoms with van der Waals surface area (Å²) >= 11 is 5.50. The standard InChI is InChI=1S/C6H5ClO.Sn.Zn/c7-5-1-3-6(8)4-2-5;;/h1-4,8H;;. The Morgan fingerprint density at radius 2 is 1.50 bits per heavy atom. The van der Waals surface area contributed by atoms with Crippen molar-refractivity contribution in [2.24, 2.45) is 0 Å². The molecule has 0 fully saturated rings. The average molecular weight is 313 g/mol. The number of hydrogen-bond donors (Lipinski definition) is 1. The van der Waals surface area contributed by atoms with Crippen LogP contribution in [0.5, 0.6) is 5.75 Å². The average Bonchev–Trinajstić information content (AvgIpc) is 1.77. The Morgan fingerprint density at radius 1 is 1.10 bits per heavy atom. The van der Waals surface area contributed by atoms with Crippen LogP contribution >= 0.6 is 11.6 Å². The molecule has 1 rings (SSSR count). The van der Waals surface area contributed by atoms with Gasteiger partial charge in [-0.1, -0.05) is 11.6 Å². The first-order valence-electron chi connectivity index (χ1n) is 2.23. The fourth-order valence-electron chi connectivity index (χ4n) is 0.441. The van der Waals surface area contributed by atoms with E-state index in [-0.39, 0.29) is 49.1 Å². The third-order valence-corrected chi connectivity index (χ3v) is 1.08. The van der Waals surface area contributed by atoms with E-state index in [4.69, 9.17) is 16.7 Å². The molecule has 1 nitrogen and oxygen atoms in total. The molecule has 4 radical (unpaired) electrons. The van der Waals surface area contributed by atoms with Crippen molar-refractivity contribution in [1.29, 1.82) is 0 Å². The Morgan fingerprint density at radius 3 is 1.80 bits per heavy atom. The molecule has 0 aromatic heterocycles. The molecule has 0 heterocycles. The minimum absolute atomic E-state index is 0. The Balaban J connectivity index is 0. The van der Waals surface area contributed by atoms with Crippen molar-refractivity contribution >= 4 is 35.5 Å².